The van der Waals surface area contributed by atoms with Gasteiger partial charge in [0.2, 0.25) is 10.0 Å². The van der Waals surface area contributed by atoms with Gasteiger partial charge in [-0.25, -0.2) is 13.1 Å². The van der Waals surface area contributed by atoms with Gasteiger partial charge >= 0.3 is 0 Å². The molecule has 1 aromatic rings. The Bertz CT molecular complexity index is 480. The fraction of sp³-hybridized carbons (Fsp3) is 0.600. The van der Waals surface area contributed by atoms with E-state index in [1.54, 1.807) is 12.1 Å². The first-order valence-corrected chi connectivity index (χ1v) is 7.89. The van der Waals surface area contributed by atoms with Gasteiger partial charge in [0, 0.05) is 18.0 Å². The van der Waals surface area contributed by atoms with Crippen LogP contribution < -0.4 is 10.5 Å². The summed E-state index contributed by atoms with van der Waals surface area (Å²) in [5, 5.41) is 0. The second-order valence-corrected chi connectivity index (χ2v) is 7.01. The van der Waals surface area contributed by atoms with Crippen LogP contribution in [0.5, 0.6) is 0 Å². The maximum Gasteiger partial charge on any atom is 0.250 e. The molecule has 0 radical (unpaired) electrons. The molecule has 1 saturated heterocycles. The van der Waals surface area contributed by atoms with Gasteiger partial charge in [-0.2, -0.15) is 0 Å². The van der Waals surface area contributed by atoms with Crippen molar-refractivity contribution in [2.75, 3.05) is 26.4 Å². The van der Waals surface area contributed by atoms with Gasteiger partial charge in [-0.3, -0.25) is 0 Å². The molecule has 2 rings (SSSR count). The molecule has 1 fully saturated rings. The number of nitrogens with one attached hydrogen (secondary N) is 1. The quantitative estimate of drug-likeness (QED) is 0.791. The second kappa shape index (κ2) is 6.09. The number of nitrogens with two attached hydrogens (primary N) is 1. The SMILES string of the molecule is NCc1ccc(S(=O)(=O)NCC2COCCO2)s1. The fourth-order valence-electron chi connectivity index (χ4n) is 1.54. The maximum absolute atomic E-state index is 12.0. The van der Waals surface area contributed by atoms with E-state index >= 15 is 0 Å². The highest BCUT2D eigenvalue weighted by molar-refractivity contribution is 7.91. The van der Waals surface area contributed by atoms with Gasteiger partial charge in [-0.05, 0) is 12.1 Å². The number of sulfonamides is 1. The van der Waals surface area contributed by atoms with Crippen LogP contribution in [0.3, 0.4) is 0 Å². The first kappa shape index (κ1) is 13.9. The van der Waals surface area contributed by atoms with E-state index < -0.39 is 10.0 Å². The first-order chi connectivity index (χ1) is 8.62. The third-order valence-electron chi connectivity index (χ3n) is 2.49. The third-order valence-corrected chi connectivity index (χ3v) is 5.51. The highest BCUT2D eigenvalue weighted by Gasteiger charge is 2.20. The molecular formula is C10H16N2O4S2. The predicted octanol–water partition coefficient (Wildman–Crippen LogP) is -0.0995. The number of hydrogen-bond acceptors (Lipinski definition) is 6. The standard InChI is InChI=1S/C10H16N2O4S2/c11-5-9-1-2-10(17-9)18(13,14)12-6-8-7-15-3-4-16-8/h1-2,8,12H,3-7,11H2. The number of ether oxygens (including phenoxy) is 2. The summed E-state index contributed by atoms with van der Waals surface area (Å²) in [4.78, 5) is 0.840. The van der Waals surface area contributed by atoms with Crippen LogP contribution in [-0.2, 0) is 26.0 Å². The molecule has 2 heterocycles. The lowest BCUT2D eigenvalue weighted by molar-refractivity contribution is -0.0846. The molecule has 0 aliphatic carbocycles. The molecule has 1 aliphatic rings. The molecule has 6 nitrogen and oxygen atoms in total. The average Bonchev–Trinajstić information content (AvgIpc) is 2.87. The lowest BCUT2D eigenvalue weighted by atomic mass is 10.3. The van der Waals surface area contributed by atoms with Crippen LogP contribution in [0.4, 0.5) is 0 Å². The Hall–Kier alpha value is -0.510. The van der Waals surface area contributed by atoms with Crippen LogP contribution >= 0.6 is 11.3 Å². The molecule has 0 bridgehead atoms. The fourth-order valence-corrected chi connectivity index (χ4v) is 3.89. The van der Waals surface area contributed by atoms with Crippen LogP contribution in [0.2, 0.25) is 0 Å². The zero-order valence-electron chi connectivity index (χ0n) is 9.79. The zero-order valence-corrected chi connectivity index (χ0v) is 11.4. The van der Waals surface area contributed by atoms with Crippen LogP contribution in [0.25, 0.3) is 0 Å². The number of rotatable bonds is 5. The summed E-state index contributed by atoms with van der Waals surface area (Å²) >= 11 is 1.18. The smallest absolute Gasteiger partial charge is 0.250 e. The molecular weight excluding hydrogens is 276 g/mol. The van der Waals surface area contributed by atoms with Crippen LogP contribution in [0.15, 0.2) is 16.3 Å². The molecule has 8 heteroatoms. The number of hydrogen-bond donors (Lipinski definition) is 2. The van der Waals surface area contributed by atoms with Gasteiger partial charge < -0.3 is 15.2 Å². The molecule has 18 heavy (non-hydrogen) atoms. The predicted molar refractivity (Wildman–Crippen MR) is 68.0 cm³/mol. The summed E-state index contributed by atoms with van der Waals surface area (Å²) < 4.78 is 37.3. The normalized spacial score (nSPS) is 21.1. The Balaban J connectivity index is 1.94. The zero-order chi connectivity index (χ0) is 13.0. The molecule has 102 valence electrons. The van der Waals surface area contributed by atoms with E-state index in [2.05, 4.69) is 4.72 Å². The molecule has 0 spiro atoms. The topological polar surface area (TPSA) is 90.7 Å². The van der Waals surface area contributed by atoms with Crippen molar-refractivity contribution in [2.24, 2.45) is 5.73 Å². The van der Waals surface area contributed by atoms with Crippen molar-refractivity contribution in [1.29, 1.82) is 0 Å². The highest BCUT2D eigenvalue weighted by atomic mass is 32.2. The average molecular weight is 292 g/mol. The molecule has 1 atom stereocenters. The van der Waals surface area contributed by atoms with Gasteiger partial charge in [0.1, 0.15) is 4.21 Å². The van der Waals surface area contributed by atoms with Gasteiger partial charge in [0.05, 0.1) is 25.9 Å². The summed E-state index contributed by atoms with van der Waals surface area (Å²) in [6.45, 7) is 2.05. The molecule has 1 unspecified atom stereocenters. The maximum atomic E-state index is 12.0. The van der Waals surface area contributed by atoms with E-state index in [-0.39, 0.29) is 16.9 Å². The van der Waals surface area contributed by atoms with Crippen LogP contribution in [-0.4, -0.2) is 40.9 Å². The van der Waals surface area contributed by atoms with Crippen molar-refractivity contribution in [1.82, 2.24) is 4.72 Å². The Labute approximate surface area is 110 Å². The summed E-state index contributed by atoms with van der Waals surface area (Å²) in [6.07, 6.45) is -0.220. The summed E-state index contributed by atoms with van der Waals surface area (Å²) in [7, 11) is -3.47. The Morgan fingerprint density at radius 3 is 2.89 bits per heavy atom. The summed E-state index contributed by atoms with van der Waals surface area (Å²) in [6, 6.07) is 3.28. The molecule has 0 aromatic carbocycles. The van der Waals surface area contributed by atoms with E-state index in [9.17, 15) is 8.42 Å². The minimum absolute atomic E-state index is 0.220. The van der Waals surface area contributed by atoms with E-state index in [1.165, 1.54) is 11.3 Å². The van der Waals surface area contributed by atoms with Crippen LogP contribution in [0, 0.1) is 0 Å². The minimum atomic E-state index is -3.47. The Kier molecular flexibility index (Phi) is 4.71. The van der Waals surface area contributed by atoms with Crippen molar-refractivity contribution >= 4 is 21.4 Å². The summed E-state index contributed by atoms with van der Waals surface area (Å²) in [5.74, 6) is 0. The van der Waals surface area contributed by atoms with Crippen molar-refractivity contribution in [2.45, 2.75) is 16.9 Å². The molecule has 1 aliphatic heterocycles. The van der Waals surface area contributed by atoms with Crippen LogP contribution in [0.1, 0.15) is 4.88 Å². The lowest BCUT2D eigenvalue weighted by Gasteiger charge is -2.22. The first-order valence-electron chi connectivity index (χ1n) is 5.59. The van der Waals surface area contributed by atoms with Crippen molar-refractivity contribution in [3.8, 4) is 0 Å². The Morgan fingerprint density at radius 2 is 2.28 bits per heavy atom. The molecule has 0 amide bonds. The van der Waals surface area contributed by atoms with E-state index in [0.29, 0.717) is 26.4 Å². The minimum Gasteiger partial charge on any atom is -0.376 e. The summed E-state index contributed by atoms with van der Waals surface area (Å²) in [5.41, 5.74) is 5.46. The van der Waals surface area contributed by atoms with E-state index in [0.717, 1.165) is 4.88 Å². The largest absolute Gasteiger partial charge is 0.376 e. The highest BCUT2D eigenvalue weighted by Crippen LogP contribution is 2.20. The van der Waals surface area contributed by atoms with Gasteiger partial charge in [0.25, 0.3) is 0 Å². The molecule has 3 N–H and O–H groups in total. The van der Waals surface area contributed by atoms with Gasteiger partial charge in [-0.15, -0.1) is 11.3 Å². The van der Waals surface area contributed by atoms with Crippen molar-refractivity contribution < 1.29 is 17.9 Å². The third kappa shape index (κ3) is 3.50. The van der Waals surface area contributed by atoms with Crippen molar-refractivity contribution in [3.05, 3.63) is 17.0 Å². The lowest BCUT2D eigenvalue weighted by Crippen LogP contribution is -2.39. The Morgan fingerprint density at radius 1 is 1.44 bits per heavy atom. The monoisotopic (exact) mass is 292 g/mol. The second-order valence-electron chi connectivity index (χ2n) is 3.84. The van der Waals surface area contributed by atoms with E-state index in [1.807, 2.05) is 0 Å². The van der Waals surface area contributed by atoms with Crippen molar-refractivity contribution in [3.63, 3.8) is 0 Å². The van der Waals surface area contributed by atoms with Gasteiger partial charge in [-0.1, -0.05) is 0 Å². The van der Waals surface area contributed by atoms with Gasteiger partial charge in [0.15, 0.2) is 0 Å². The van der Waals surface area contributed by atoms with E-state index in [4.69, 9.17) is 15.2 Å². The molecule has 1 aromatic heterocycles. The number of thiophene rings is 1. The molecule has 0 saturated carbocycles.